The number of aliphatic hydroxyl groups is 2. The molecule has 0 radical (unpaired) electrons. The van der Waals surface area contributed by atoms with Crippen molar-refractivity contribution in [3.8, 4) is 0 Å². The molecule has 0 bridgehead atoms. The third-order valence-corrected chi connectivity index (χ3v) is 4.40. The van der Waals surface area contributed by atoms with Crippen LogP contribution in [0.15, 0.2) is 0 Å². The van der Waals surface area contributed by atoms with E-state index in [1.54, 1.807) is 0 Å². The molecule has 0 saturated heterocycles. The summed E-state index contributed by atoms with van der Waals surface area (Å²) in [5.74, 6) is 0.345. The van der Waals surface area contributed by atoms with Crippen LogP contribution in [0.25, 0.3) is 0 Å². The van der Waals surface area contributed by atoms with Crippen LogP contribution in [0.2, 0.25) is 0 Å². The van der Waals surface area contributed by atoms with Crippen molar-refractivity contribution in [2.75, 3.05) is 19.7 Å². The highest BCUT2D eigenvalue weighted by molar-refractivity contribution is 4.71. The fourth-order valence-corrected chi connectivity index (χ4v) is 2.94. The lowest BCUT2D eigenvalue weighted by Gasteiger charge is -2.24. The lowest BCUT2D eigenvalue weighted by Crippen LogP contribution is -2.38. The summed E-state index contributed by atoms with van der Waals surface area (Å²) >= 11 is 0. The van der Waals surface area contributed by atoms with Gasteiger partial charge in [-0.25, -0.2) is 0 Å². The molecule has 4 heteroatoms. The minimum atomic E-state index is -0.481. The normalized spacial score (nSPS) is 20.2. The molecular weight excluding hydrogens is 254 g/mol. The average Bonchev–Trinajstić information content (AvgIpc) is 2.47. The Morgan fingerprint density at radius 1 is 1.05 bits per heavy atom. The summed E-state index contributed by atoms with van der Waals surface area (Å²) < 4.78 is 5.74. The van der Waals surface area contributed by atoms with Crippen molar-refractivity contribution in [2.45, 2.75) is 77.1 Å². The van der Waals surface area contributed by atoms with Crippen LogP contribution in [0, 0.1) is 5.92 Å². The Morgan fingerprint density at radius 3 is 2.30 bits per heavy atom. The first-order chi connectivity index (χ1) is 9.67. The van der Waals surface area contributed by atoms with E-state index in [2.05, 4.69) is 19.2 Å². The van der Waals surface area contributed by atoms with E-state index in [0.717, 1.165) is 25.7 Å². The molecule has 1 saturated carbocycles. The summed E-state index contributed by atoms with van der Waals surface area (Å²) in [5, 5.41) is 23.0. The van der Waals surface area contributed by atoms with Crippen LogP contribution in [0.3, 0.4) is 0 Å². The predicted octanol–water partition coefficient (Wildman–Crippen LogP) is 2.08. The van der Waals surface area contributed by atoms with Gasteiger partial charge in [0.05, 0.1) is 24.9 Å². The van der Waals surface area contributed by atoms with Gasteiger partial charge in [0.1, 0.15) is 0 Å². The topological polar surface area (TPSA) is 61.7 Å². The quantitative estimate of drug-likeness (QED) is 0.576. The zero-order valence-corrected chi connectivity index (χ0v) is 13.2. The lowest BCUT2D eigenvalue weighted by molar-refractivity contribution is -0.0239. The van der Waals surface area contributed by atoms with E-state index in [9.17, 15) is 10.2 Å². The van der Waals surface area contributed by atoms with Crippen LogP contribution in [-0.2, 0) is 4.74 Å². The Hall–Kier alpha value is -0.160. The number of ether oxygens (including phenoxy) is 1. The molecule has 0 aromatic rings. The second kappa shape index (κ2) is 10.6. The van der Waals surface area contributed by atoms with Gasteiger partial charge >= 0.3 is 0 Å². The van der Waals surface area contributed by atoms with E-state index in [-0.39, 0.29) is 6.10 Å². The number of hydrogen-bond donors (Lipinski definition) is 3. The van der Waals surface area contributed by atoms with Gasteiger partial charge in [0, 0.05) is 13.1 Å². The van der Waals surface area contributed by atoms with Gasteiger partial charge in [0.15, 0.2) is 0 Å². The van der Waals surface area contributed by atoms with Gasteiger partial charge in [-0.05, 0) is 18.8 Å². The fraction of sp³-hybridized carbons (Fsp3) is 1.00. The summed E-state index contributed by atoms with van der Waals surface area (Å²) in [6, 6.07) is 0. The molecule has 4 nitrogen and oxygen atoms in total. The van der Waals surface area contributed by atoms with Crippen molar-refractivity contribution in [2.24, 2.45) is 5.92 Å². The molecule has 0 aromatic carbocycles. The molecule has 1 rings (SSSR count). The molecule has 1 fully saturated rings. The van der Waals surface area contributed by atoms with Gasteiger partial charge in [-0.1, -0.05) is 46.0 Å². The molecule has 1 aliphatic carbocycles. The maximum Gasteiger partial charge on any atom is 0.0897 e. The molecule has 0 amide bonds. The van der Waals surface area contributed by atoms with Gasteiger partial charge < -0.3 is 20.3 Å². The first-order valence-electron chi connectivity index (χ1n) is 8.35. The van der Waals surface area contributed by atoms with Crippen molar-refractivity contribution in [1.82, 2.24) is 5.32 Å². The van der Waals surface area contributed by atoms with Crippen LogP contribution < -0.4 is 5.32 Å². The number of nitrogens with one attached hydrogen (secondary N) is 1. The standard InChI is InChI=1S/C16H33NO3/c1-3-13(4-2)16(19)11-17-10-14(18)12-20-15-8-6-5-7-9-15/h13-19H,3-12H2,1-2H3. The molecule has 0 spiro atoms. The molecule has 2 unspecified atom stereocenters. The summed E-state index contributed by atoms with van der Waals surface area (Å²) in [6.07, 6.45) is 7.61. The minimum absolute atomic E-state index is 0.323. The largest absolute Gasteiger partial charge is 0.392 e. The van der Waals surface area contributed by atoms with Crippen molar-refractivity contribution in [1.29, 1.82) is 0 Å². The highest BCUT2D eigenvalue weighted by Crippen LogP contribution is 2.20. The summed E-state index contributed by atoms with van der Waals surface area (Å²) in [6.45, 7) is 5.64. The highest BCUT2D eigenvalue weighted by atomic mass is 16.5. The molecule has 0 aliphatic heterocycles. The summed E-state index contributed by atoms with van der Waals surface area (Å²) in [5.41, 5.74) is 0. The second-order valence-electron chi connectivity index (χ2n) is 6.05. The van der Waals surface area contributed by atoms with E-state index in [1.807, 2.05) is 0 Å². The van der Waals surface area contributed by atoms with E-state index in [1.165, 1.54) is 19.3 Å². The highest BCUT2D eigenvalue weighted by Gasteiger charge is 2.17. The monoisotopic (exact) mass is 287 g/mol. The molecule has 2 atom stereocenters. The Bertz CT molecular complexity index is 228. The number of rotatable bonds is 10. The smallest absolute Gasteiger partial charge is 0.0897 e. The van der Waals surface area contributed by atoms with Crippen LogP contribution in [0.4, 0.5) is 0 Å². The third-order valence-electron chi connectivity index (χ3n) is 4.40. The van der Waals surface area contributed by atoms with Crippen LogP contribution in [0.5, 0.6) is 0 Å². The number of hydrogen-bond acceptors (Lipinski definition) is 4. The molecular formula is C16H33NO3. The molecule has 0 heterocycles. The van der Waals surface area contributed by atoms with Gasteiger partial charge in [-0.15, -0.1) is 0 Å². The summed E-state index contributed by atoms with van der Waals surface area (Å²) in [4.78, 5) is 0. The van der Waals surface area contributed by atoms with Crippen LogP contribution >= 0.6 is 0 Å². The van der Waals surface area contributed by atoms with Gasteiger partial charge in [0.2, 0.25) is 0 Å². The van der Waals surface area contributed by atoms with Crippen LogP contribution in [-0.4, -0.2) is 48.2 Å². The van der Waals surface area contributed by atoms with Crippen molar-refractivity contribution in [3.63, 3.8) is 0 Å². The second-order valence-corrected chi connectivity index (χ2v) is 6.05. The maximum absolute atomic E-state index is 9.98. The van der Waals surface area contributed by atoms with Crippen LogP contribution in [0.1, 0.15) is 58.8 Å². The Kier molecular flexibility index (Phi) is 9.44. The third kappa shape index (κ3) is 7.02. The molecule has 20 heavy (non-hydrogen) atoms. The maximum atomic E-state index is 9.98. The number of aliphatic hydroxyl groups excluding tert-OH is 2. The van der Waals surface area contributed by atoms with E-state index >= 15 is 0 Å². The Balaban J connectivity index is 2.05. The van der Waals surface area contributed by atoms with Gasteiger partial charge in [-0.2, -0.15) is 0 Å². The zero-order chi connectivity index (χ0) is 14.8. The Labute approximate surface area is 123 Å². The Morgan fingerprint density at radius 2 is 1.70 bits per heavy atom. The van der Waals surface area contributed by atoms with E-state index in [0.29, 0.717) is 31.7 Å². The first-order valence-corrected chi connectivity index (χ1v) is 8.35. The van der Waals surface area contributed by atoms with Crippen molar-refractivity contribution < 1.29 is 14.9 Å². The average molecular weight is 287 g/mol. The predicted molar refractivity (Wildman–Crippen MR) is 81.8 cm³/mol. The van der Waals surface area contributed by atoms with E-state index in [4.69, 9.17) is 4.74 Å². The lowest BCUT2D eigenvalue weighted by atomic mass is 9.96. The van der Waals surface area contributed by atoms with Gasteiger partial charge in [-0.3, -0.25) is 0 Å². The van der Waals surface area contributed by atoms with Crippen molar-refractivity contribution >= 4 is 0 Å². The van der Waals surface area contributed by atoms with Gasteiger partial charge in [0.25, 0.3) is 0 Å². The van der Waals surface area contributed by atoms with E-state index < -0.39 is 6.10 Å². The minimum Gasteiger partial charge on any atom is -0.392 e. The first kappa shape index (κ1) is 17.9. The molecule has 120 valence electrons. The zero-order valence-electron chi connectivity index (χ0n) is 13.2. The molecule has 0 aromatic heterocycles. The molecule has 1 aliphatic rings. The van der Waals surface area contributed by atoms with Crippen molar-refractivity contribution in [3.05, 3.63) is 0 Å². The molecule has 3 N–H and O–H groups in total. The fourth-order valence-electron chi connectivity index (χ4n) is 2.94. The summed E-state index contributed by atoms with van der Waals surface area (Å²) in [7, 11) is 0. The SMILES string of the molecule is CCC(CC)C(O)CNCC(O)COC1CCCCC1.